The van der Waals surface area contributed by atoms with E-state index in [0.717, 1.165) is 23.6 Å². The molecular weight excluding hydrogens is 328 g/mol. The van der Waals surface area contributed by atoms with Crippen molar-refractivity contribution in [3.05, 3.63) is 53.5 Å². The first-order valence-corrected chi connectivity index (χ1v) is 8.82. The fraction of sp³-hybridized carbons (Fsp3) is 0.368. The maximum atomic E-state index is 12.9. The van der Waals surface area contributed by atoms with Gasteiger partial charge in [0, 0.05) is 19.3 Å². The molecule has 0 N–H and O–H groups in total. The van der Waals surface area contributed by atoms with E-state index in [1.165, 1.54) is 5.56 Å². The standard InChI is InChI=1S/C19H22N6O/c1-13-11-16(22-23(13)3)18-21-20-17-12-24(19(26)14(2)25(17)18)10-9-15-7-5-4-6-8-15/h4-8,11,14H,9-10,12H2,1-3H3/t14-/m0/s1. The van der Waals surface area contributed by atoms with E-state index < -0.39 is 0 Å². The van der Waals surface area contributed by atoms with Crippen LogP contribution in [0.15, 0.2) is 36.4 Å². The monoisotopic (exact) mass is 350 g/mol. The number of fused-ring (bicyclic) bond motifs is 1. The lowest BCUT2D eigenvalue weighted by Gasteiger charge is -2.32. The zero-order valence-corrected chi connectivity index (χ0v) is 15.3. The summed E-state index contributed by atoms with van der Waals surface area (Å²) in [7, 11) is 1.90. The Kier molecular flexibility index (Phi) is 4.06. The highest BCUT2D eigenvalue weighted by Gasteiger charge is 2.33. The molecule has 1 amide bonds. The zero-order valence-electron chi connectivity index (χ0n) is 15.3. The van der Waals surface area contributed by atoms with E-state index in [0.29, 0.717) is 18.9 Å². The molecule has 3 heterocycles. The van der Waals surface area contributed by atoms with Crippen LogP contribution < -0.4 is 0 Å². The highest BCUT2D eigenvalue weighted by molar-refractivity contribution is 5.82. The Labute approximate surface area is 152 Å². The summed E-state index contributed by atoms with van der Waals surface area (Å²) in [5.41, 5.74) is 3.02. The van der Waals surface area contributed by atoms with E-state index in [9.17, 15) is 4.79 Å². The summed E-state index contributed by atoms with van der Waals surface area (Å²) >= 11 is 0. The predicted octanol–water partition coefficient (Wildman–Crippen LogP) is 2.13. The number of benzene rings is 1. The number of hydrogen-bond donors (Lipinski definition) is 0. The number of hydrogen-bond acceptors (Lipinski definition) is 4. The zero-order chi connectivity index (χ0) is 18.3. The molecule has 1 aliphatic rings. The molecule has 0 saturated heterocycles. The lowest BCUT2D eigenvalue weighted by molar-refractivity contribution is -0.136. The minimum absolute atomic E-state index is 0.0992. The minimum Gasteiger partial charge on any atom is -0.333 e. The Balaban J connectivity index is 1.58. The van der Waals surface area contributed by atoms with Gasteiger partial charge in [-0.05, 0) is 31.9 Å². The van der Waals surface area contributed by atoms with Crippen molar-refractivity contribution < 1.29 is 4.79 Å². The molecule has 2 aromatic heterocycles. The number of carbonyl (C=O) groups is 1. The predicted molar refractivity (Wildman–Crippen MR) is 97.2 cm³/mol. The molecule has 0 spiro atoms. The first-order chi connectivity index (χ1) is 12.5. The quantitative estimate of drug-likeness (QED) is 0.723. The summed E-state index contributed by atoms with van der Waals surface area (Å²) in [4.78, 5) is 14.8. The molecule has 134 valence electrons. The third-order valence-corrected chi connectivity index (χ3v) is 5.01. The molecule has 0 aliphatic carbocycles. The van der Waals surface area contributed by atoms with Gasteiger partial charge >= 0.3 is 0 Å². The normalized spacial score (nSPS) is 16.8. The molecule has 0 fully saturated rings. The van der Waals surface area contributed by atoms with Gasteiger partial charge in [0.2, 0.25) is 5.91 Å². The molecule has 0 unspecified atom stereocenters. The minimum atomic E-state index is -0.332. The van der Waals surface area contributed by atoms with Crippen molar-refractivity contribution >= 4 is 5.91 Å². The average Bonchev–Trinajstić information content (AvgIpc) is 3.21. The van der Waals surface area contributed by atoms with Crippen LogP contribution in [0, 0.1) is 6.92 Å². The molecule has 4 rings (SSSR count). The number of rotatable bonds is 4. The van der Waals surface area contributed by atoms with Crippen LogP contribution in [0.2, 0.25) is 0 Å². The molecule has 1 aliphatic heterocycles. The van der Waals surface area contributed by atoms with Crippen LogP contribution >= 0.6 is 0 Å². The molecule has 26 heavy (non-hydrogen) atoms. The first-order valence-electron chi connectivity index (χ1n) is 8.82. The molecule has 3 aromatic rings. The molecule has 0 saturated carbocycles. The molecule has 1 aromatic carbocycles. The van der Waals surface area contributed by atoms with Gasteiger partial charge in [-0.1, -0.05) is 30.3 Å². The van der Waals surface area contributed by atoms with Gasteiger partial charge in [0.25, 0.3) is 0 Å². The number of aryl methyl sites for hydroxylation is 2. The summed E-state index contributed by atoms with van der Waals surface area (Å²) in [6.45, 7) is 5.06. The number of aromatic nitrogens is 5. The second-order valence-electron chi connectivity index (χ2n) is 6.78. The van der Waals surface area contributed by atoms with Crippen molar-refractivity contribution in [2.75, 3.05) is 6.54 Å². The molecule has 1 atom stereocenters. The molecule has 0 radical (unpaired) electrons. The van der Waals surface area contributed by atoms with Crippen molar-refractivity contribution in [1.82, 2.24) is 29.4 Å². The Morgan fingerprint density at radius 2 is 1.96 bits per heavy atom. The average molecular weight is 350 g/mol. The number of amides is 1. The fourth-order valence-electron chi connectivity index (χ4n) is 3.40. The van der Waals surface area contributed by atoms with Crippen molar-refractivity contribution in [3.63, 3.8) is 0 Å². The number of carbonyl (C=O) groups excluding carboxylic acids is 1. The first kappa shape index (κ1) is 16.5. The Hall–Kier alpha value is -2.96. The van der Waals surface area contributed by atoms with Crippen LogP contribution in [-0.2, 0) is 24.8 Å². The summed E-state index contributed by atoms with van der Waals surface area (Å²) < 4.78 is 3.72. The number of nitrogens with zero attached hydrogens (tertiary/aromatic N) is 6. The van der Waals surface area contributed by atoms with Gasteiger partial charge in [0.15, 0.2) is 11.6 Å². The lowest BCUT2D eigenvalue weighted by atomic mass is 10.1. The second-order valence-corrected chi connectivity index (χ2v) is 6.78. The maximum absolute atomic E-state index is 12.9. The molecule has 0 bridgehead atoms. The van der Waals surface area contributed by atoms with Gasteiger partial charge in [0.1, 0.15) is 11.7 Å². The van der Waals surface area contributed by atoms with Crippen molar-refractivity contribution in [2.45, 2.75) is 32.9 Å². The highest BCUT2D eigenvalue weighted by Crippen LogP contribution is 2.28. The van der Waals surface area contributed by atoms with E-state index in [-0.39, 0.29) is 11.9 Å². The van der Waals surface area contributed by atoms with Gasteiger partial charge in [-0.25, -0.2) is 0 Å². The topological polar surface area (TPSA) is 68.8 Å². The van der Waals surface area contributed by atoms with Gasteiger partial charge < -0.3 is 4.90 Å². The molecular formula is C19H22N6O. The smallest absolute Gasteiger partial charge is 0.245 e. The summed E-state index contributed by atoms with van der Waals surface area (Å²) in [5, 5.41) is 13.1. The van der Waals surface area contributed by atoms with Crippen LogP contribution in [0.25, 0.3) is 11.5 Å². The van der Waals surface area contributed by atoms with Crippen molar-refractivity contribution in [2.24, 2.45) is 7.05 Å². The lowest BCUT2D eigenvalue weighted by Crippen LogP contribution is -2.42. The summed E-state index contributed by atoms with van der Waals surface area (Å²) in [6, 6.07) is 11.9. The van der Waals surface area contributed by atoms with Crippen LogP contribution in [-0.4, -0.2) is 41.9 Å². The van der Waals surface area contributed by atoms with Crippen molar-refractivity contribution in [3.8, 4) is 11.5 Å². The highest BCUT2D eigenvalue weighted by atomic mass is 16.2. The SMILES string of the molecule is Cc1cc(-c2nnc3n2[C@@H](C)C(=O)N(CCc2ccccc2)C3)nn1C. The van der Waals surface area contributed by atoms with E-state index in [1.807, 2.05) is 54.6 Å². The van der Waals surface area contributed by atoms with Gasteiger partial charge in [-0.15, -0.1) is 10.2 Å². The fourth-order valence-corrected chi connectivity index (χ4v) is 3.40. The molecule has 7 heteroatoms. The van der Waals surface area contributed by atoms with E-state index >= 15 is 0 Å². The Bertz CT molecular complexity index is 923. The Morgan fingerprint density at radius 1 is 1.19 bits per heavy atom. The van der Waals surface area contributed by atoms with E-state index in [4.69, 9.17) is 0 Å². The summed E-state index contributed by atoms with van der Waals surface area (Å²) in [6.07, 6.45) is 0.833. The van der Waals surface area contributed by atoms with Gasteiger partial charge in [-0.2, -0.15) is 5.10 Å². The maximum Gasteiger partial charge on any atom is 0.245 e. The van der Waals surface area contributed by atoms with Crippen LogP contribution in [0.4, 0.5) is 0 Å². The third kappa shape index (κ3) is 2.79. The van der Waals surface area contributed by atoms with Crippen LogP contribution in [0.5, 0.6) is 0 Å². The largest absolute Gasteiger partial charge is 0.333 e. The second kappa shape index (κ2) is 6.40. The van der Waals surface area contributed by atoms with Gasteiger partial charge in [-0.3, -0.25) is 14.0 Å². The van der Waals surface area contributed by atoms with E-state index in [2.05, 4.69) is 27.4 Å². The summed E-state index contributed by atoms with van der Waals surface area (Å²) in [5.74, 6) is 1.57. The van der Waals surface area contributed by atoms with Crippen molar-refractivity contribution in [1.29, 1.82) is 0 Å². The third-order valence-electron chi connectivity index (χ3n) is 5.01. The van der Waals surface area contributed by atoms with E-state index in [1.54, 1.807) is 4.68 Å². The molecule has 7 nitrogen and oxygen atoms in total. The van der Waals surface area contributed by atoms with Crippen LogP contribution in [0.3, 0.4) is 0 Å². The van der Waals surface area contributed by atoms with Crippen LogP contribution in [0.1, 0.15) is 30.0 Å². The Morgan fingerprint density at radius 3 is 2.65 bits per heavy atom. The van der Waals surface area contributed by atoms with Gasteiger partial charge in [0.05, 0.1) is 6.54 Å².